The minimum atomic E-state index is -3.56. The van der Waals surface area contributed by atoms with Gasteiger partial charge in [0.2, 0.25) is 10.0 Å². The van der Waals surface area contributed by atoms with E-state index in [9.17, 15) is 12.6 Å². The number of nitrogens with two attached hydrogens (primary N) is 1. The summed E-state index contributed by atoms with van der Waals surface area (Å²) in [6, 6.07) is 5.14. The fourth-order valence-electron chi connectivity index (χ4n) is 2.25. The Morgan fingerprint density at radius 3 is 2.48 bits per heavy atom. The highest BCUT2D eigenvalue weighted by Crippen LogP contribution is 2.29. The van der Waals surface area contributed by atoms with Gasteiger partial charge >= 0.3 is 0 Å². The second-order valence-electron chi connectivity index (χ2n) is 5.27. The molecule has 0 bridgehead atoms. The Balaban J connectivity index is 2.24. The Kier molecular flexibility index (Phi) is 4.90. The van der Waals surface area contributed by atoms with Gasteiger partial charge in [-0.25, -0.2) is 12.7 Å². The third kappa shape index (κ3) is 3.56. The minimum absolute atomic E-state index is 0.108. The molecule has 1 aliphatic heterocycles. The smallest absolute Gasteiger partial charge is 0.244 e. The van der Waals surface area contributed by atoms with Crippen LogP contribution in [0.15, 0.2) is 23.1 Å². The second-order valence-corrected chi connectivity index (χ2v) is 9.09. The molecule has 0 radical (unpaired) electrons. The molecule has 118 valence electrons. The lowest BCUT2D eigenvalue weighted by Crippen LogP contribution is -2.30. The Labute approximate surface area is 128 Å². The maximum Gasteiger partial charge on any atom is 0.244 e. The van der Waals surface area contributed by atoms with Crippen molar-refractivity contribution in [2.75, 3.05) is 36.7 Å². The standard InChI is InChI=1S/C13H21N3O3S2/c1-16(2)21(18,19)12-5-3-4-11(13(12)14)15-10-6-8-20(17)9-7-10/h3-5,10,15H,6-9,14H2,1-2H3. The molecule has 2 rings (SSSR count). The molecule has 0 atom stereocenters. The Hall–Kier alpha value is -1.12. The molecular weight excluding hydrogens is 310 g/mol. The summed E-state index contributed by atoms with van der Waals surface area (Å²) < 4.78 is 36.9. The number of nitrogens with one attached hydrogen (secondary N) is 1. The average Bonchev–Trinajstić information content (AvgIpc) is 2.43. The first-order valence-corrected chi connectivity index (χ1v) is 9.67. The molecule has 0 aromatic heterocycles. The van der Waals surface area contributed by atoms with Gasteiger partial charge in [0.05, 0.1) is 11.4 Å². The zero-order chi connectivity index (χ0) is 15.6. The number of hydrogen-bond acceptors (Lipinski definition) is 5. The highest BCUT2D eigenvalue weighted by Gasteiger charge is 2.23. The molecule has 8 heteroatoms. The number of benzene rings is 1. The van der Waals surface area contributed by atoms with E-state index in [1.54, 1.807) is 12.1 Å². The molecule has 6 nitrogen and oxygen atoms in total. The molecule has 0 aliphatic carbocycles. The molecule has 1 heterocycles. The van der Waals surface area contributed by atoms with Gasteiger partial charge in [0, 0.05) is 42.4 Å². The van der Waals surface area contributed by atoms with Gasteiger partial charge < -0.3 is 11.1 Å². The summed E-state index contributed by atoms with van der Waals surface area (Å²) in [4.78, 5) is 0.108. The van der Waals surface area contributed by atoms with Crippen LogP contribution in [0.4, 0.5) is 11.4 Å². The van der Waals surface area contributed by atoms with Crippen LogP contribution in [0, 0.1) is 0 Å². The summed E-state index contributed by atoms with van der Waals surface area (Å²) >= 11 is 0. The Bertz CT molecular complexity index is 634. The van der Waals surface area contributed by atoms with Crippen LogP contribution in [0.1, 0.15) is 12.8 Å². The van der Waals surface area contributed by atoms with E-state index in [0.29, 0.717) is 17.2 Å². The molecule has 1 aliphatic rings. The summed E-state index contributed by atoms with van der Waals surface area (Å²) in [6.45, 7) is 0. The number of nitrogen functional groups attached to an aromatic ring is 1. The molecule has 1 saturated heterocycles. The van der Waals surface area contributed by atoms with Gasteiger partial charge in [-0.1, -0.05) is 6.07 Å². The Morgan fingerprint density at radius 1 is 1.29 bits per heavy atom. The molecule has 1 aromatic carbocycles. The van der Waals surface area contributed by atoms with Gasteiger partial charge in [-0.2, -0.15) is 0 Å². The van der Waals surface area contributed by atoms with Gasteiger partial charge in [-0.15, -0.1) is 0 Å². The van der Waals surface area contributed by atoms with Crippen LogP contribution in [-0.4, -0.2) is 48.6 Å². The summed E-state index contributed by atoms with van der Waals surface area (Å²) in [6.07, 6.45) is 1.60. The third-order valence-corrected chi connectivity index (χ3v) is 6.83. The van der Waals surface area contributed by atoms with Crippen molar-refractivity contribution in [2.24, 2.45) is 0 Å². The van der Waals surface area contributed by atoms with E-state index >= 15 is 0 Å². The van der Waals surface area contributed by atoms with E-state index in [0.717, 1.165) is 17.1 Å². The zero-order valence-corrected chi connectivity index (χ0v) is 13.8. The van der Waals surface area contributed by atoms with Gasteiger partial charge in [0.1, 0.15) is 4.90 Å². The van der Waals surface area contributed by atoms with Crippen molar-refractivity contribution in [1.29, 1.82) is 0 Å². The quantitative estimate of drug-likeness (QED) is 0.798. The van der Waals surface area contributed by atoms with Gasteiger partial charge in [-0.05, 0) is 25.0 Å². The highest BCUT2D eigenvalue weighted by atomic mass is 32.2. The number of hydrogen-bond donors (Lipinski definition) is 2. The number of sulfonamides is 1. The molecule has 0 amide bonds. The summed E-state index contributed by atoms with van der Waals surface area (Å²) in [5.41, 5.74) is 6.88. The van der Waals surface area contributed by atoms with E-state index in [2.05, 4.69) is 5.32 Å². The first-order chi connectivity index (χ1) is 9.82. The SMILES string of the molecule is CN(C)S(=O)(=O)c1cccc(NC2CCS(=O)CC2)c1N. The van der Waals surface area contributed by atoms with Crippen LogP contribution in [-0.2, 0) is 20.8 Å². The topological polar surface area (TPSA) is 92.5 Å². The van der Waals surface area contributed by atoms with Gasteiger partial charge in [-0.3, -0.25) is 4.21 Å². The molecule has 21 heavy (non-hydrogen) atoms. The fourth-order valence-corrected chi connectivity index (χ4v) is 4.58. The first kappa shape index (κ1) is 16.3. The van der Waals surface area contributed by atoms with Gasteiger partial charge in [0.25, 0.3) is 0 Å². The lowest BCUT2D eigenvalue weighted by molar-refractivity contribution is 0.521. The molecule has 1 fully saturated rings. The monoisotopic (exact) mass is 331 g/mol. The number of para-hydroxylation sites is 1. The van der Waals surface area contributed by atoms with Crippen LogP contribution in [0.5, 0.6) is 0 Å². The second kappa shape index (κ2) is 6.33. The third-order valence-electron chi connectivity index (χ3n) is 3.57. The van der Waals surface area contributed by atoms with Crippen molar-refractivity contribution in [3.8, 4) is 0 Å². The lowest BCUT2D eigenvalue weighted by atomic mass is 10.1. The predicted molar refractivity (Wildman–Crippen MR) is 86.2 cm³/mol. The van der Waals surface area contributed by atoms with E-state index < -0.39 is 20.8 Å². The molecule has 1 aromatic rings. The molecule has 0 unspecified atom stereocenters. The van der Waals surface area contributed by atoms with Crippen molar-refractivity contribution in [3.05, 3.63) is 18.2 Å². The van der Waals surface area contributed by atoms with E-state index in [1.165, 1.54) is 20.2 Å². The molecule has 0 spiro atoms. The van der Waals surface area contributed by atoms with Crippen molar-refractivity contribution in [2.45, 2.75) is 23.8 Å². The summed E-state index contributed by atoms with van der Waals surface area (Å²) in [5, 5.41) is 3.28. The van der Waals surface area contributed by atoms with Crippen LogP contribution in [0.3, 0.4) is 0 Å². The Morgan fingerprint density at radius 2 is 1.90 bits per heavy atom. The summed E-state index contributed by atoms with van der Waals surface area (Å²) in [5.74, 6) is 1.35. The van der Waals surface area contributed by atoms with E-state index in [4.69, 9.17) is 5.73 Å². The zero-order valence-electron chi connectivity index (χ0n) is 12.2. The van der Waals surface area contributed by atoms with Crippen LogP contribution >= 0.6 is 0 Å². The average molecular weight is 331 g/mol. The highest BCUT2D eigenvalue weighted by molar-refractivity contribution is 7.89. The van der Waals surface area contributed by atoms with Gasteiger partial charge in [0.15, 0.2) is 0 Å². The molecule has 3 N–H and O–H groups in total. The normalized spacial score (nSPS) is 23.2. The number of rotatable bonds is 4. The van der Waals surface area contributed by atoms with E-state index in [1.807, 2.05) is 0 Å². The van der Waals surface area contributed by atoms with Crippen LogP contribution in [0.2, 0.25) is 0 Å². The van der Waals surface area contributed by atoms with Crippen LogP contribution < -0.4 is 11.1 Å². The molecule has 0 saturated carbocycles. The summed E-state index contributed by atoms with van der Waals surface area (Å²) in [7, 11) is -1.33. The van der Waals surface area contributed by atoms with E-state index in [-0.39, 0.29) is 16.6 Å². The lowest BCUT2D eigenvalue weighted by Gasteiger charge is -2.25. The first-order valence-electron chi connectivity index (χ1n) is 6.75. The minimum Gasteiger partial charge on any atom is -0.396 e. The van der Waals surface area contributed by atoms with Crippen molar-refractivity contribution in [3.63, 3.8) is 0 Å². The van der Waals surface area contributed by atoms with Crippen molar-refractivity contribution >= 4 is 32.2 Å². The number of anilines is 2. The molecular formula is C13H21N3O3S2. The maximum atomic E-state index is 12.2. The van der Waals surface area contributed by atoms with Crippen molar-refractivity contribution in [1.82, 2.24) is 4.31 Å². The van der Waals surface area contributed by atoms with Crippen LogP contribution in [0.25, 0.3) is 0 Å². The predicted octanol–water partition coefficient (Wildman–Crippen LogP) is 0.842. The number of nitrogens with zero attached hydrogens (tertiary/aromatic N) is 1. The largest absolute Gasteiger partial charge is 0.396 e. The van der Waals surface area contributed by atoms with Crippen molar-refractivity contribution < 1.29 is 12.6 Å². The maximum absolute atomic E-state index is 12.2. The fraction of sp³-hybridized carbons (Fsp3) is 0.538.